The molecule has 0 bridgehead atoms. The Bertz CT molecular complexity index is 4400. The summed E-state index contributed by atoms with van der Waals surface area (Å²) in [6, 6.07) is 36.8. The van der Waals surface area contributed by atoms with Crippen LogP contribution < -0.4 is 19.1 Å². The number of hydrogen-bond donors (Lipinski definition) is 0. The standard InChI is InChI=1S/C30H37N3O2.C30H35N3O2.C26H32ClN5O2/c2*1-20-9-6-12-21-13-7-15-24(28(20)21)27-17-26-25(19-34-27)29(22-10-4-3-5-11-22)32-30(31-26)35-18-23-14-8-16-33(23)2;1-28-14-18-7-5-12-32(15-18)25-21-17-33-24(20-9-3-4-10-22(20)27)13-23(21)29-26(30-25)34-16-19-8-6-11-31(19)2/h6-7,9,12-13,15,22-23,27H,3-5,8,10-11,14,16-19H2,1-2H3;6-7,9-10,12-13,15,23,27H,3-5,8,11,14,16-19H2,1-2H3;3-4,9-10,18-19,24H,5-8,11-17H2,2H3/t2*23-,27?;18-,19-,24?/m000/s1. The molecule has 4 saturated heterocycles. The fraction of sp³-hybridized carbons (Fsp3) is 0.523. The van der Waals surface area contributed by atoms with E-state index in [-0.39, 0.29) is 18.3 Å². The van der Waals surface area contributed by atoms with Crippen LogP contribution in [0.25, 0.3) is 32.0 Å². The van der Waals surface area contributed by atoms with Gasteiger partial charge in [-0.1, -0.05) is 128 Å². The van der Waals surface area contributed by atoms with Crippen LogP contribution in [0.1, 0.15) is 206 Å². The van der Waals surface area contributed by atoms with Gasteiger partial charge in [0.2, 0.25) is 6.54 Å². The molecule has 7 atom stereocenters. The van der Waals surface area contributed by atoms with Gasteiger partial charge in [0.1, 0.15) is 25.6 Å². The maximum atomic E-state index is 7.30. The molecule has 17 rings (SSSR count). The number of ether oxygens (including phenoxy) is 6. The van der Waals surface area contributed by atoms with Crippen molar-refractivity contribution in [1.82, 2.24) is 44.6 Å². The molecule has 0 N–H and O–H groups in total. The van der Waals surface area contributed by atoms with E-state index in [4.69, 9.17) is 76.5 Å². The number of hydrogen-bond acceptors (Lipinski definition) is 16. The maximum absolute atomic E-state index is 7.30. The van der Waals surface area contributed by atoms with Gasteiger partial charge in [-0.05, 0) is 206 Å². The van der Waals surface area contributed by atoms with E-state index in [1.807, 2.05) is 24.3 Å². The summed E-state index contributed by atoms with van der Waals surface area (Å²) in [5.41, 5.74) is 16.2. The maximum Gasteiger partial charge on any atom is 0.318 e. The summed E-state index contributed by atoms with van der Waals surface area (Å²) in [6.45, 7) is 20.9. The second-order valence-electron chi connectivity index (χ2n) is 30.8. The highest BCUT2D eigenvalue weighted by Gasteiger charge is 2.36. The lowest BCUT2D eigenvalue weighted by molar-refractivity contribution is 0.0252. The van der Waals surface area contributed by atoms with E-state index in [0.717, 1.165) is 123 Å². The van der Waals surface area contributed by atoms with Crippen molar-refractivity contribution in [2.75, 3.05) is 85.1 Å². The third-order valence-corrected chi connectivity index (χ3v) is 24.2. The molecular formula is C86H104ClN11O6. The molecule has 0 spiro atoms. The first kappa shape index (κ1) is 71.9. The van der Waals surface area contributed by atoms with Gasteiger partial charge in [-0.25, -0.2) is 6.57 Å². The van der Waals surface area contributed by atoms with Crippen LogP contribution in [0.15, 0.2) is 103 Å². The van der Waals surface area contributed by atoms with Gasteiger partial charge in [-0.2, -0.15) is 29.9 Å². The molecule has 3 unspecified atom stereocenters. The predicted octanol–water partition coefficient (Wildman–Crippen LogP) is 17.0. The average Bonchev–Trinajstić information content (AvgIpc) is 0.937. The number of nitrogens with zero attached hydrogens (tertiary/aromatic N) is 11. The molecule has 17 nitrogen and oxygen atoms in total. The number of rotatable bonds is 16. The van der Waals surface area contributed by atoms with Crippen molar-refractivity contribution >= 4 is 44.5 Å². The lowest BCUT2D eigenvalue weighted by Gasteiger charge is -2.35. The van der Waals surface area contributed by atoms with E-state index in [1.54, 1.807) is 0 Å². The van der Waals surface area contributed by atoms with Crippen LogP contribution >= 0.6 is 11.6 Å². The average molecular weight is 1420 g/mol. The van der Waals surface area contributed by atoms with E-state index in [1.165, 1.54) is 138 Å². The minimum absolute atomic E-state index is 0.00442. The second-order valence-corrected chi connectivity index (χ2v) is 31.2. The molecule has 2 aliphatic carbocycles. The first-order valence-electron chi connectivity index (χ1n) is 39.0. The number of allylic oxidation sites excluding steroid dienone is 2. The molecule has 0 radical (unpaired) electrons. The van der Waals surface area contributed by atoms with Gasteiger partial charge >= 0.3 is 18.0 Å². The van der Waals surface area contributed by atoms with Gasteiger partial charge in [0.05, 0.1) is 66.6 Å². The lowest BCUT2D eigenvalue weighted by Crippen LogP contribution is -2.38. The number of fused-ring (bicyclic) bond motifs is 5. The van der Waals surface area contributed by atoms with Crippen molar-refractivity contribution < 1.29 is 28.4 Å². The minimum atomic E-state index is -0.144. The summed E-state index contributed by atoms with van der Waals surface area (Å²) >= 11 is 6.48. The Balaban J connectivity index is 0.000000126. The first-order valence-corrected chi connectivity index (χ1v) is 39.4. The Labute approximate surface area is 620 Å². The molecule has 1 saturated carbocycles. The van der Waals surface area contributed by atoms with E-state index in [9.17, 15) is 0 Å². The van der Waals surface area contributed by atoms with Gasteiger partial charge in [0.25, 0.3) is 0 Å². The van der Waals surface area contributed by atoms with E-state index in [0.29, 0.717) is 106 Å². The van der Waals surface area contributed by atoms with Crippen molar-refractivity contribution in [3.8, 4) is 18.0 Å². The number of halogens is 1. The molecule has 0 amide bonds. The van der Waals surface area contributed by atoms with E-state index in [2.05, 4.69) is 138 Å². The third-order valence-electron chi connectivity index (χ3n) is 23.9. The van der Waals surface area contributed by atoms with Crippen molar-refractivity contribution in [3.63, 3.8) is 0 Å². The van der Waals surface area contributed by atoms with Gasteiger partial charge in [-0.15, -0.1) is 0 Å². The highest BCUT2D eigenvalue weighted by Crippen LogP contribution is 2.44. The highest BCUT2D eigenvalue weighted by molar-refractivity contribution is 6.31. The number of aromatic nitrogens is 6. The van der Waals surface area contributed by atoms with Crippen LogP contribution in [0.4, 0.5) is 5.82 Å². The number of likely N-dealkylation sites (N-methyl/N-ethyl adjacent to an activating group) is 3. The van der Waals surface area contributed by atoms with Gasteiger partial charge < -0.3 is 52.9 Å². The Morgan fingerprint density at radius 2 is 1.00 bits per heavy atom. The minimum Gasteiger partial charge on any atom is -0.462 e. The largest absolute Gasteiger partial charge is 0.462 e. The smallest absolute Gasteiger partial charge is 0.318 e. The Morgan fingerprint density at radius 3 is 1.55 bits per heavy atom. The van der Waals surface area contributed by atoms with E-state index >= 15 is 0 Å². The summed E-state index contributed by atoms with van der Waals surface area (Å²) in [4.78, 5) is 42.8. The van der Waals surface area contributed by atoms with Crippen molar-refractivity contribution in [1.29, 1.82) is 0 Å². The molecule has 104 heavy (non-hydrogen) atoms. The van der Waals surface area contributed by atoms with Crippen molar-refractivity contribution in [3.05, 3.63) is 193 Å². The predicted molar refractivity (Wildman–Crippen MR) is 411 cm³/mol. The normalized spacial score (nSPS) is 23.8. The van der Waals surface area contributed by atoms with Crippen LogP contribution in [0.5, 0.6) is 18.0 Å². The van der Waals surface area contributed by atoms with Crippen LogP contribution in [-0.4, -0.2) is 143 Å². The van der Waals surface area contributed by atoms with Gasteiger partial charge in [0, 0.05) is 84.0 Å². The fourth-order valence-corrected chi connectivity index (χ4v) is 18.1. The molecule has 5 fully saturated rings. The van der Waals surface area contributed by atoms with Crippen LogP contribution in [-0.2, 0) is 53.3 Å². The topological polar surface area (TPSA) is 150 Å². The Hall–Kier alpha value is -7.66. The third kappa shape index (κ3) is 16.3. The molecular weight excluding hydrogens is 1320 g/mol. The highest BCUT2D eigenvalue weighted by atomic mass is 35.5. The number of likely N-dealkylation sites (tertiary alicyclic amines) is 3. The van der Waals surface area contributed by atoms with Crippen LogP contribution in [0, 0.1) is 26.3 Å². The molecule has 9 aliphatic rings. The molecule has 7 aliphatic heterocycles. The zero-order valence-corrected chi connectivity index (χ0v) is 62.6. The van der Waals surface area contributed by atoms with Crippen LogP contribution in [0.2, 0.25) is 5.02 Å². The number of anilines is 1. The number of aryl methyl sites for hydroxylation is 2. The zero-order valence-electron chi connectivity index (χ0n) is 61.8. The summed E-state index contributed by atoms with van der Waals surface area (Å²) in [5, 5.41) is 5.85. The van der Waals surface area contributed by atoms with Gasteiger partial charge in [0.15, 0.2) is 0 Å². The Kier molecular flexibility index (Phi) is 23.1. The summed E-state index contributed by atoms with van der Waals surface area (Å²) < 4.78 is 38.1. The fourth-order valence-electron chi connectivity index (χ4n) is 17.8. The van der Waals surface area contributed by atoms with Gasteiger partial charge in [-0.3, -0.25) is 0 Å². The molecule has 8 aromatic rings. The van der Waals surface area contributed by atoms with Crippen molar-refractivity contribution in [2.24, 2.45) is 5.92 Å². The summed E-state index contributed by atoms with van der Waals surface area (Å²) in [6.07, 6.45) is 24.6. The van der Waals surface area contributed by atoms with Crippen LogP contribution in [0.3, 0.4) is 0 Å². The molecule has 5 aromatic carbocycles. The molecule has 18 heteroatoms. The van der Waals surface area contributed by atoms with E-state index < -0.39 is 0 Å². The monoisotopic (exact) mass is 1420 g/mol. The SMILES string of the molecule is Cc1cccc2cccc(C3Cc4nc(OC[C@@H]5CCCN5C)nc(C5=CCCCC5)c4CO3)c12.Cc1cccc2cccc(C3Cc4nc(OC[C@@H]5CCCN5C)nc(C5CCCCC5)c4CO3)c12.[C-]#[N+]C[C@@H]1CCCN(c2nc(OC[C@@H]3CCCN3C)nc3c2COC(c2ccccc2Cl)C3)C1. The second kappa shape index (κ2) is 33.4. The lowest BCUT2D eigenvalue weighted by atomic mass is 9.83. The summed E-state index contributed by atoms with van der Waals surface area (Å²) in [5.74, 6) is 1.78. The van der Waals surface area contributed by atoms with Crippen molar-refractivity contribution in [2.45, 2.75) is 204 Å². The number of piperidine rings is 1. The quantitative estimate of drug-likeness (QED) is 0.0843. The molecule has 10 heterocycles. The molecule has 546 valence electrons. The molecule has 3 aromatic heterocycles. The summed E-state index contributed by atoms with van der Waals surface area (Å²) in [7, 11) is 6.52. The Morgan fingerprint density at radius 1 is 0.500 bits per heavy atom. The first-order chi connectivity index (χ1) is 51.0. The zero-order chi connectivity index (χ0) is 71.0. The number of benzene rings is 5.